The molecular formula is C19H18AuF6N2OP. The van der Waals surface area contributed by atoms with Crippen LogP contribution in [0.15, 0.2) is 66.9 Å². The zero-order valence-corrected chi connectivity index (χ0v) is 18.8. The second kappa shape index (κ2) is 9.16. The van der Waals surface area contributed by atoms with E-state index in [4.69, 9.17) is 4.98 Å². The summed E-state index contributed by atoms with van der Waals surface area (Å²) in [6.07, 6.45) is 1.79. The maximum absolute atomic E-state index is 10.7. The van der Waals surface area contributed by atoms with E-state index in [1.54, 1.807) is 6.20 Å². The van der Waals surface area contributed by atoms with Gasteiger partial charge in [-0.3, -0.25) is 9.97 Å². The van der Waals surface area contributed by atoms with Crippen LogP contribution < -0.4 is 0 Å². The van der Waals surface area contributed by atoms with Crippen molar-refractivity contribution >= 4 is 7.81 Å². The maximum atomic E-state index is 9.87. The first-order chi connectivity index (χ1) is 12.6. The van der Waals surface area contributed by atoms with Gasteiger partial charge in [-0.25, -0.2) is 0 Å². The second-order valence-corrected chi connectivity index (χ2v) is 8.40. The Kier molecular flexibility index (Phi) is 8.62. The van der Waals surface area contributed by atoms with Crippen LogP contribution in [0.5, 0.6) is 0 Å². The second-order valence-electron chi connectivity index (χ2n) is 6.48. The molecule has 0 aliphatic rings. The van der Waals surface area contributed by atoms with Crippen molar-refractivity contribution in [2.45, 2.75) is 19.3 Å². The average Bonchev–Trinajstić information content (AvgIpc) is 2.61. The topological polar surface area (TPSA) is 55.8 Å². The van der Waals surface area contributed by atoms with Gasteiger partial charge in [-0.15, -0.1) is 0 Å². The molecule has 3 nitrogen and oxygen atoms in total. The number of hydrogen-bond donors (Lipinski definition) is 0. The monoisotopic (exact) mass is 632 g/mol. The van der Waals surface area contributed by atoms with Gasteiger partial charge in [0.1, 0.15) is 0 Å². The summed E-state index contributed by atoms with van der Waals surface area (Å²) in [7, 11) is -10.7. The Morgan fingerprint density at radius 2 is 1.37 bits per heavy atom. The Morgan fingerprint density at radius 3 is 1.87 bits per heavy atom. The van der Waals surface area contributed by atoms with Crippen LogP contribution >= 0.6 is 7.81 Å². The summed E-state index contributed by atoms with van der Waals surface area (Å²) in [6.45, 7) is 4.34. The predicted molar refractivity (Wildman–Crippen MR) is 100 cm³/mol. The molecule has 0 bridgehead atoms. The molecule has 168 valence electrons. The van der Waals surface area contributed by atoms with Gasteiger partial charge in [0.05, 0.1) is 11.4 Å². The molecule has 0 atom stereocenters. The summed E-state index contributed by atoms with van der Waals surface area (Å²) in [5.41, 5.74) is 3.76. The summed E-state index contributed by atoms with van der Waals surface area (Å²) < 4.78 is 59.2. The van der Waals surface area contributed by atoms with Gasteiger partial charge in [0.25, 0.3) is 0 Å². The van der Waals surface area contributed by atoms with Gasteiger partial charge >= 0.3 is 55.4 Å². The summed E-state index contributed by atoms with van der Waals surface area (Å²) in [5.74, 6) is 0. The van der Waals surface area contributed by atoms with E-state index in [0.29, 0.717) is 0 Å². The third kappa shape index (κ3) is 10.3. The molecule has 1 N–H and O–H groups in total. The van der Waals surface area contributed by atoms with Crippen LogP contribution in [0.4, 0.5) is 25.2 Å². The van der Waals surface area contributed by atoms with Gasteiger partial charge in [-0.1, -0.05) is 26.0 Å². The van der Waals surface area contributed by atoms with Crippen LogP contribution in [-0.2, 0) is 27.8 Å². The number of rotatable bonds is 3. The Hall–Kier alpha value is -1.77. The van der Waals surface area contributed by atoms with Gasteiger partial charge in [0.15, 0.2) is 0 Å². The molecule has 0 aliphatic carbocycles. The number of halogens is 6. The third-order valence-electron chi connectivity index (χ3n) is 3.70. The number of benzene rings is 1. The molecule has 0 aliphatic heterocycles. The Morgan fingerprint density at radius 1 is 0.800 bits per heavy atom. The van der Waals surface area contributed by atoms with Gasteiger partial charge in [0.2, 0.25) is 0 Å². The summed E-state index contributed by atoms with van der Waals surface area (Å²) in [6, 6.07) is 23.3. The van der Waals surface area contributed by atoms with E-state index in [1.165, 1.54) is 0 Å². The first kappa shape index (κ1) is 28.2. The van der Waals surface area contributed by atoms with E-state index in [9.17, 15) is 25.2 Å². The van der Waals surface area contributed by atoms with Crippen LogP contribution in [0.3, 0.4) is 0 Å². The van der Waals surface area contributed by atoms with Crippen molar-refractivity contribution in [2.24, 2.45) is 0 Å². The fourth-order valence-electron chi connectivity index (χ4n) is 2.36. The van der Waals surface area contributed by atoms with Gasteiger partial charge in [-0.05, 0) is 24.3 Å². The largest absolute Gasteiger partial charge is 3.00 e. The van der Waals surface area contributed by atoms with Crippen molar-refractivity contribution in [3.8, 4) is 11.4 Å². The Labute approximate surface area is 185 Å². The molecule has 0 saturated heterocycles. The molecular weight excluding hydrogens is 614 g/mol. The van der Waals surface area contributed by atoms with Gasteiger partial charge in [0, 0.05) is 17.3 Å². The quantitative estimate of drug-likeness (QED) is 0.130. The Balaban J connectivity index is 0.000000817. The molecule has 30 heavy (non-hydrogen) atoms. The third-order valence-corrected chi connectivity index (χ3v) is 3.70. The van der Waals surface area contributed by atoms with Crippen molar-refractivity contribution in [3.05, 3.63) is 84.2 Å². The number of pyridine rings is 2. The molecule has 3 aromatic rings. The molecule has 0 radical (unpaired) electrons. The number of aromatic nitrogens is 2. The summed E-state index contributed by atoms with van der Waals surface area (Å²) >= 11 is 0. The summed E-state index contributed by atoms with van der Waals surface area (Å²) in [5, 5.41) is 0. The van der Waals surface area contributed by atoms with Gasteiger partial charge in [-0.2, -0.15) is 35.9 Å². The Bertz CT molecular complexity index is 928. The van der Waals surface area contributed by atoms with Crippen LogP contribution in [0.25, 0.3) is 11.4 Å². The summed E-state index contributed by atoms with van der Waals surface area (Å²) in [4.78, 5) is 9.18. The van der Waals surface area contributed by atoms with Crippen LogP contribution in [0, 0.1) is 6.07 Å². The number of nitrogens with zero attached hydrogens (tertiary/aromatic N) is 2. The van der Waals surface area contributed by atoms with Crippen LogP contribution in [0.2, 0.25) is 0 Å². The molecule has 0 saturated carbocycles. The van der Waals surface area contributed by atoms with E-state index in [2.05, 4.69) is 37.0 Å². The zero-order valence-electron chi connectivity index (χ0n) is 15.7. The minimum absolute atomic E-state index is 0. The predicted octanol–water partition coefficient (Wildman–Crippen LogP) is 7.47. The standard InChI is InChI=1S/C19H17N2.Au.F6P.H2O/c1-19(2,15-9-4-3-5-10-15)18-13-8-12-17(21-18)16-11-6-7-14-20-16;;1-7(2,3,4,5)6;/h3-9,11-14H,1-2H3;;;1H2/q-1;+3;-1;/p-1. The maximum Gasteiger partial charge on any atom is 3.00 e. The minimum Gasteiger partial charge on any atom is -0.870 e. The molecule has 2 aromatic heterocycles. The fraction of sp³-hybridized carbons (Fsp3) is 0.158. The SMILES string of the molecule is CC(C)(c1[c-]cccc1)c1cccc(-c2ccccn2)n1.F[P-](F)(F)(F)(F)F.[Au+3].[OH-]. The van der Waals surface area contributed by atoms with E-state index in [1.807, 2.05) is 48.5 Å². The fourth-order valence-corrected chi connectivity index (χ4v) is 2.36. The van der Waals surface area contributed by atoms with E-state index >= 15 is 0 Å². The van der Waals surface area contributed by atoms with E-state index in [-0.39, 0.29) is 33.3 Å². The molecule has 0 fully saturated rings. The van der Waals surface area contributed by atoms with Crippen molar-refractivity contribution in [2.75, 3.05) is 0 Å². The molecule has 1 aromatic carbocycles. The van der Waals surface area contributed by atoms with Crippen molar-refractivity contribution in [3.63, 3.8) is 0 Å². The van der Waals surface area contributed by atoms with Crippen LogP contribution in [0.1, 0.15) is 25.1 Å². The van der Waals surface area contributed by atoms with Gasteiger partial charge < -0.3 is 5.48 Å². The molecule has 3 rings (SSSR count). The number of hydrogen-bond acceptors (Lipinski definition) is 3. The zero-order chi connectivity index (χ0) is 21.1. The van der Waals surface area contributed by atoms with E-state index < -0.39 is 7.81 Å². The first-order valence-corrected chi connectivity index (χ1v) is 10.1. The smallest absolute Gasteiger partial charge is 0.870 e. The minimum atomic E-state index is -10.7. The van der Waals surface area contributed by atoms with Crippen LogP contribution in [-0.4, -0.2) is 15.4 Å². The normalized spacial score (nSPS) is 13.3. The first-order valence-electron chi connectivity index (χ1n) is 8.05. The van der Waals surface area contributed by atoms with Crippen molar-refractivity contribution < 1.29 is 53.0 Å². The molecule has 0 spiro atoms. The van der Waals surface area contributed by atoms with Crippen molar-refractivity contribution in [1.82, 2.24) is 9.97 Å². The molecule has 0 amide bonds. The molecule has 2 heterocycles. The molecule has 0 unspecified atom stereocenters. The van der Waals surface area contributed by atoms with Crippen molar-refractivity contribution in [1.29, 1.82) is 0 Å². The molecule has 11 heteroatoms. The average molecular weight is 632 g/mol. The van der Waals surface area contributed by atoms with E-state index in [0.717, 1.165) is 22.6 Å².